The number of aryl methyl sites for hydroxylation is 1. The fourth-order valence-electron chi connectivity index (χ4n) is 6.34. The summed E-state index contributed by atoms with van der Waals surface area (Å²) in [5.74, 6) is -1.16. The van der Waals surface area contributed by atoms with Crippen LogP contribution in [0.25, 0.3) is 22.3 Å². The Morgan fingerprint density at radius 2 is 2.00 bits per heavy atom. The van der Waals surface area contributed by atoms with E-state index in [0.717, 1.165) is 27.6 Å². The quantitative estimate of drug-likeness (QED) is 0.344. The van der Waals surface area contributed by atoms with E-state index in [1.807, 2.05) is 6.92 Å². The lowest BCUT2D eigenvalue weighted by Gasteiger charge is -2.31. The number of hydrogen-bond donors (Lipinski definition) is 3. The summed E-state index contributed by atoms with van der Waals surface area (Å²) in [6, 6.07) is 3.10. The Kier molecular flexibility index (Phi) is 4.79. The van der Waals surface area contributed by atoms with Crippen LogP contribution in [0.4, 0.5) is 0 Å². The minimum absolute atomic E-state index is 0.0558. The minimum atomic E-state index is -1.92. The Morgan fingerprint density at radius 3 is 2.71 bits per heavy atom. The van der Waals surface area contributed by atoms with Gasteiger partial charge in [-0.05, 0) is 67.9 Å². The molecule has 3 N–H and O–H groups in total. The second-order valence-electron chi connectivity index (χ2n) is 10.9. The molecule has 2 aliphatic carbocycles. The Labute approximate surface area is 222 Å². The van der Waals surface area contributed by atoms with Gasteiger partial charge in [-0.15, -0.1) is 0 Å². The number of pyridine rings is 2. The number of ether oxygens (including phenoxy) is 1. The Hall–Kier alpha value is -3.27. The van der Waals surface area contributed by atoms with Crippen LogP contribution in [-0.4, -0.2) is 37.2 Å². The molecule has 2 atom stereocenters. The number of carbonyl (C=O) groups excluding carboxylic acids is 2. The number of fused-ring (bicyclic) bond motifs is 5. The molecule has 4 heterocycles. The first-order valence-electron chi connectivity index (χ1n) is 12.9. The second kappa shape index (κ2) is 7.65. The van der Waals surface area contributed by atoms with E-state index in [0.29, 0.717) is 47.6 Å². The number of halogens is 1. The number of amides is 1. The van der Waals surface area contributed by atoms with Gasteiger partial charge in [0.25, 0.3) is 11.5 Å². The van der Waals surface area contributed by atoms with Crippen LogP contribution in [0.3, 0.4) is 0 Å². The first kappa shape index (κ1) is 23.8. The maximum Gasteiger partial charge on any atom is 0.343 e. The highest BCUT2D eigenvalue weighted by Crippen LogP contribution is 2.47. The highest BCUT2D eigenvalue weighted by atomic mass is 35.5. The van der Waals surface area contributed by atoms with Crippen molar-refractivity contribution < 1.29 is 24.5 Å². The molecule has 2 aliphatic heterocycles. The van der Waals surface area contributed by atoms with Gasteiger partial charge in [0.05, 0.1) is 35.1 Å². The lowest BCUT2D eigenvalue weighted by molar-refractivity contribution is -0.172. The van der Waals surface area contributed by atoms with Crippen molar-refractivity contribution in [3.8, 4) is 11.4 Å². The van der Waals surface area contributed by atoms with Gasteiger partial charge >= 0.3 is 5.97 Å². The average molecular weight is 536 g/mol. The van der Waals surface area contributed by atoms with Gasteiger partial charge in [0.15, 0.2) is 5.60 Å². The number of aromatic nitrogens is 2. The van der Waals surface area contributed by atoms with Gasteiger partial charge in [-0.1, -0.05) is 18.5 Å². The summed E-state index contributed by atoms with van der Waals surface area (Å²) in [5.41, 5.74) is 2.34. The van der Waals surface area contributed by atoms with E-state index < -0.39 is 17.2 Å². The third-order valence-electron chi connectivity index (χ3n) is 8.83. The Balaban J connectivity index is 1.49. The summed E-state index contributed by atoms with van der Waals surface area (Å²) >= 11 is 6.60. The van der Waals surface area contributed by atoms with Gasteiger partial charge in [0.1, 0.15) is 12.2 Å². The average Bonchev–Trinajstić information content (AvgIpc) is 3.55. The summed E-state index contributed by atoms with van der Waals surface area (Å²) in [6.45, 7) is 3.66. The zero-order valence-electron chi connectivity index (χ0n) is 21.0. The van der Waals surface area contributed by atoms with Gasteiger partial charge in [-0.2, -0.15) is 0 Å². The molecule has 0 bridgehead atoms. The largest absolute Gasteiger partial charge is 0.458 e. The predicted molar refractivity (Wildman–Crippen MR) is 138 cm³/mol. The Bertz CT molecular complexity index is 1690. The molecule has 1 unspecified atom stereocenters. The highest BCUT2D eigenvalue weighted by molar-refractivity contribution is 6.32. The second-order valence-corrected chi connectivity index (χ2v) is 11.3. The van der Waals surface area contributed by atoms with Gasteiger partial charge in [0, 0.05) is 21.5 Å². The fourth-order valence-corrected chi connectivity index (χ4v) is 6.55. The maximum atomic E-state index is 13.7. The molecule has 1 saturated carbocycles. The third-order valence-corrected chi connectivity index (χ3v) is 9.22. The summed E-state index contributed by atoms with van der Waals surface area (Å²) in [4.78, 5) is 44.0. The van der Waals surface area contributed by atoms with Crippen molar-refractivity contribution in [3.63, 3.8) is 0 Å². The standard InChI is InChI=1S/C28H26ClN3O6/c1-3-28(37)16-8-20-23-14(10-32(20)24(33)15(16)11-38-26(28)35)22-18(31-25(34)27(36)6-7-27)5-4-13-12(2)17(29)9-19(30-23)21(13)22/h8-9,18,36-37H,3-7,10-11H2,1-2H3,(H,31,34)/t18?,28-/m0/s1. The van der Waals surface area contributed by atoms with Crippen LogP contribution in [0.15, 0.2) is 16.9 Å². The van der Waals surface area contributed by atoms with E-state index in [2.05, 4.69) is 5.32 Å². The third kappa shape index (κ3) is 3.00. The molecular weight excluding hydrogens is 510 g/mol. The molecule has 3 aromatic rings. The van der Waals surface area contributed by atoms with Gasteiger partial charge in [-0.3, -0.25) is 9.59 Å². The van der Waals surface area contributed by atoms with Crippen LogP contribution < -0.4 is 10.9 Å². The summed E-state index contributed by atoms with van der Waals surface area (Å²) in [5, 5.41) is 26.2. The molecule has 1 aromatic carbocycles. The highest BCUT2D eigenvalue weighted by Gasteiger charge is 2.49. The molecule has 4 aliphatic rings. The molecule has 0 radical (unpaired) electrons. The molecule has 1 amide bonds. The van der Waals surface area contributed by atoms with Crippen molar-refractivity contribution in [1.82, 2.24) is 14.9 Å². The zero-order chi connectivity index (χ0) is 26.7. The van der Waals surface area contributed by atoms with Gasteiger partial charge in [0.2, 0.25) is 0 Å². The maximum absolute atomic E-state index is 13.7. The van der Waals surface area contributed by atoms with Crippen molar-refractivity contribution in [2.24, 2.45) is 0 Å². The van der Waals surface area contributed by atoms with E-state index in [4.69, 9.17) is 21.3 Å². The van der Waals surface area contributed by atoms with E-state index in [1.165, 1.54) is 0 Å². The number of cyclic esters (lactones) is 1. The number of carbonyl (C=O) groups is 2. The number of hydrogen-bond acceptors (Lipinski definition) is 7. The van der Waals surface area contributed by atoms with Crippen LogP contribution in [0.2, 0.25) is 5.02 Å². The summed E-state index contributed by atoms with van der Waals surface area (Å²) in [7, 11) is 0. The monoisotopic (exact) mass is 535 g/mol. The first-order chi connectivity index (χ1) is 18.1. The number of benzene rings is 1. The summed E-state index contributed by atoms with van der Waals surface area (Å²) < 4.78 is 6.78. The van der Waals surface area contributed by atoms with E-state index in [1.54, 1.807) is 23.6 Å². The fraction of sp³-hybridized carbons (Fsp3) is 0.429. The lowest BCUT2D eigenvalue weighted by Crippen LogP contribution is -2.44. The molecule has 0 saturated heterocycles. The van der Waals surface area contributed by atoms with Crippen LogP contribution in [0, 0.1) is 6.92 Å². The normalized spacial score (nSPS) is 23.9. The van der Waals surface area contributed by atoms with Crippen molar-refractivity contribution >= 4 is 34.4 Å². The van der Waals surface area contributed by atoms with Crippen LogP contribution in [0.5, 0.6) is 0 Å². The predicted octanol–water partition coefficient (Wildman–Crippen LogP) is 2.67. The number of nitrogens with zero attached hydrogens (tertiary/aromatic N) is 2. The van der Waals surface area contributed by atoms with Crippen molar-refractivity contribution in [3.05, 3.63) is 60.9 Å². The number of esters is 1. The van der Waals surface area contributed by atoms with E-state index in [9.17, 15) is 24.6 Å². The molecule has 9 nitrogen and oxygen atoms in total. The van der Waals surface area contributed by atoms with Crippen molar-refractivity contribution in [2.75, 3.05) is 0 Å². The SMILES string of the molecule is CC[C@@]1(O)C(=O)OCc2c1cc1n(c2=O)Cc2c-1nc1cc(Cl)c(C)c3c1c2C(NC(=O)C1(O)CC1)CC3. The van der Waals surface area contributed by atoms with Crippen LogP contribution in [0.1, 0.15) is 72.0 Å². The molecule has 196 valence electrons. The Morgan fingerprint density at radius 1 is 1.24 bits per heavy atom. The van der Waals surface area contributed by atoms with Gasteiger partial charge < -0.3 is 24.8 Å². The molecule has 38 heavy (non-hydrogen) atoms. The number of aliphatic hydroxyl groups is 2. The van der Waals surface area contributed by atoms with E-state index in [-0.39, 0.29) is 48.2 Å². The van der Waals surface area contributed by atoms with Gasteiger partial charge in [-0.25, -0.2) is 9.78 Å². The number of nitrogens with one attached hydrogen (secondary N) is 1. The first-order valence-corrected chi connectivity index (χ1v) is 13.3. The van der Waals surface area contributed by atoms with Crippen LogP contribution in [-0.2, 0) is 39.5 Å². The van der Waals surface area contributed by atoms with Crippen molar-refractivity contribution in [2.45, 2.75) is 76.3 Å². The van der Waals surface area contributed by atoms with Crippen molar-refractivity contribution in [1.29, 1.82) is 0 Å². The molecule has 2 aromatic heterocycles. The summed E-state index contributed by atoms with van der Waals surface area (Å²) in [6.07, 6.45) is 2.23. The molecule has 7 rings (SSSR count). The minimum Gasteiger partial charge on any atom is -0.458 e. The molecule has 0 spiro atoms. The number of rotatable bonds is 3. The molecular formula is C28H26ClN3O6. The van der Waals surface area contributed by atoms with E-state index >= 15 is 0 Å². The van der Waals surface area contributed by atoms with Crippen LogP contribution >= 0.6 is 11.6 Å². The molecule has 10 heteroatoms. The topological polar surface area (TPSA) is 131 Å². The molecule has 1 fully saturated rings. The zero-order valence-corrected chi connectivity index (χ0v) is 21.7. The lowest BCUT2D eigenvalue weighted by atomic mass is 9.81. The smallest absolute Gasteiger partial charge is 0.343 e.